The highest BCUT2D eigenvalue weighted by Gasteiger charge is 2.20. The first-order valence-electron chi connectivity index (χ1n) is 6.27. The molecule has 0 amide bonds. The van der Waals surface area contributed by atoms with E-state index in [2.05, 4.69) is 26.8 Å². The van der Waals surface area contributed by atoms with Crippen molar-refractivity contribution >= 4 is 24.0 Å². The van der Waals surface area contributed by atoms with E-state index in [9.17, 15) is 0 Å². The van der Waals surface area contributed by atoms with Gasteiger partial charge in [0, 0.05) is 5.30 Å². The van der Waals surface area contributed by atoms with Gasteiger partial charge in [-0.1, -0.05) is 69.3 Å². The first-order chi connectivity index (χ1) is 8.98. The molecule has 2 aromatic rings. The lowest BCUT2D eigenvalue weighted by atomic mass is 9.86. The molecule has 0 spiro atoms. The van der Waals surface area contributed by atoms with Gasteiger partial charge in [-0.25, -0.2) is 0 Å². The summed E-state index contributed by atoms with van der Waals surface area (Å²) >= 11 is 6.41. The molecular formula is C16H18ClOP. The highest BCUT2D eigenvalue weighted by atomic mass is 35.7. The lowest BCUT2D eigenvalue weighted by Crippen LogP contribution is -2.13. The lowest BCUT2D eigenvalue weighted by molar-refractivity contribution is 0.542. The van der Waals surface area contributed by atoms with Crippen molar-refractivity contribution in [1.29, 1.82) is 0 Å². The number of para-hydroxylation sites is 1. The zero-order valence-corrected chi connectivity index (χ0v) is 13.1. The Labute approximate surface area is 121 Å². The summed E-state index contributed by atoms with van der Waals surface area (Å²) in [5, 5.41) is 1.03. The molecule has 0 aliphatic rings. The van der Waals surface area contributed by atoms with Crippen molar-refractivity contribution in [2.45, 2.75) is 26.2 Å². The monoisotopic (exact) mass is 292 g/mol. The third-order valence-electron chi connectivity index (χ3n) is 2.83. The minimum Gasteiger partial charge on any atom is -0.453 e. The molecule has 0 aliphatic heterocycles. The van der Waals surface area contributed by atoms with Crippen molar-refractivity contribution in [1.82, 2.24) is 0 Å². The van der Waals surface area contributed by atoms with Gasteiger partial charge in [0.2, 0.25) is 7.50 Å². The average molecular weight is 293 g/mol. The Balaban J connectivity index is 2.25. The van der Waals surface area contributed by atoms with E-state index >= 15 is 0 Å². The molecule has 1 unspecified atom stereocenters. The number of hydrogen-bond donors (Lipinski definition) is 0. The van der Waals surface area contributed by atoms with Gasteiger partial charge in [0.1, 0.15) is 5.75 Å². The minimum atomic E-state index is -1.14. The number of hydrogen-bond acceptors (Lipinski definition) is 1. The second-order valence-electron chi connectivity index (χ2n) is 5.42. The van der Waals surface area contributed by atoms with Crippen LogP contribution in [0.5, 0.6) is 5.75 Å². The van der Waals surface area contributed by atoms with Gasteiger partial charge in [0.05, 0.1) is 0 Å². The van der Waals surface area contributed by atoms with Gasteiger partial charge in [0.25, 0.3) is 0 Å². The molecule has 0 saturated carbocycles. The Hall–Kier alpha value is -1.04. The van der Waals surface area contributed by atoms with Crippen molar-refractivity contribution < 1.29 is 4.52 Å². The maximum absolute atomic E-state index is 6.41. The van der Waals surface area contributed by atoms with Crippen LogP contribution in [0.4, 0.5) is 0 Å². The summed E-state index contributed by atoms with van der Waals surface area (Å²) in [6.45, 7) is 6.52. The van der Waals surface area contributed by atoms with Crippen molar-refractivity contribution in [3.63, 3.8) is 0 Å². The molecule has 3 heteroatoms. The third kappa shape index (κ3) is 3.72. The van der Waals surface area contributed by atoms with Gasteiger partial charge in [0.15, 0.2) is 0 Å². The van der Waals surface area contributed by atoms with Crippen molar-refractivity contribution in [2.75, 3.05) is 0 Å². The molecule has 2 aromatic carbocycles. The van der Waals surface area contributed by atoms with E-state index in [1.54, 1.807) is 0 Å². The standard InChI is InChI=1S/C16H18ClOP/c1-16(2,3)14-11-7-8-12-15(14)18-19(17)13-9-5-4-6-10-13/h4-12H,1-3H3. The zero-order valence-electron chi connectivity index (χ0n) is 11.4. The Bertz CT molecular complexity index is 534. The summed E-state index contributed by atoms with van der Waals surface area (Å²) in [6.07, 6.45) is 0. The van der Waals surface area contributed by atoms with E-state index in [0.29, 0.717) is 0 Å². The van der Waals surface area contributed by atoms with Crippen LogP contribution in [0.25, 0.3) is 0 Å². The summed E-state index contributed by atoms with van der Waals surface area (Å²) < 4.78 is 5.99. The van der Waals surface area contributed by atoms with Crippen LogP contribution in [0.3, 0.4) is 0 Å². The molecule has 100 valence electrons. The molecule has 0 radical (unpaired) electrons. The first-order valence-corrected chi connectivity index (χ1v) is 8.43. The van der Waals surface area contributed by atoms with Gasteiger partial charge in [-0.2, -0.15) is 0 Å². The Morgan fingerprint density at radius 3 is 2.11 bits per heavy atom. The fraction of sp³-hybridized carbons (Fsp3) is 0.250. The van der Waals surface area contributed by atoms with Crippen LogP contribution in [-0.4, -0.2) is 0 Å². The topological polar surface area (TPSA) is 9.23 Å². The molecule has 1 atom stereocenters. The Morgan fingerprint density at radius 2 is 1.47 bits per heavy atom. The second kappa shape index (κ2) is 5.94. The molecule has 0 saturated heterocycles. The molecule has 0 aromatic heterocycles. The summed E-state index contributed by atoms with van der Waals surface area (Å²) in [5.74, 6) is 0.875. The van der Waals surface area contributed by atoms with Crippen LogP contribution in [0, 0.1) is 0 Å². The summed E-state index contributed by atoms with van der Waals surface area (Å²) in [5.41, 5.74) is 1.22. The molecular weight excluding hydrogens is 275 g/mol. The molecule has 0 aliphatic carbocycles. The zero-order chi connectivity index (χ0) is 13.9. The maximum Gasteiger partial charge on any atom is 0.215 e. The molecule has 2 rings (SSSR count). The SMILES string of the molecule is CC(C)(C)c1ccccc1OP(Cl)c1ccccc1. The summed E-state index contributed by atoms with van der Waals surface area (Å²) in [4.78, 5) is 0. The lowest BCUT2D eigenvalue weighted by Gasteiger charge is -2.23. The molecule has 19 heavy (non-hydrogen) atoms. The first kappa shape index (κ1) is 14.4. The largest absolute Gasteiger partial charge is 0.453 e. The minimum absolute atomic E-state index is 0.0420. The van der Waals surface area contributed by atoms with Crippen LogP contribution in [0.2, 0.25) is 0 Å². The highest BCUT2D eigenvalue weighted by molar-refractivity contribution is 7.86. The van der Waals surface area contributed by atoms with Crippen LogP contribution in [0.15, 0.2) is 54.6 Å². The van der Waals surface area contributed by atoms with Crippen LogP contribution < -0.4 is 9.83 Å². The third-order valence-corrected chi connectivity index (χ3v) is 4.69. The Morgan fingerprint density at radius 1 is 0.895 bits per heavy atom. The van der Waals surface area contributed by atoms with Gasteiger partial charge >= 0.3 is 0 Å². The average Bonchev–Trinajstić information content (AvgIpc) is 2.39. The number of halogens is 1. The normalized spacial score (nSPS) is 13.1. The fourth-order valence-corrected chi connectivity index (χ4v) is 3.26. The Kier molecular flexibility index (Phi) is 4.50. The van der Waals surface area contributed by atoms with Gasteiger partial charge in [-0.3, -0.25) is 0 Å². The van der Waals surface area contributed by atoms with Crippen LogP contribution in [0.1, 0.15) is 26.3 Å². The molecule has 0 fully saturated rings. The van der Waals surface area contributed by atoms with Crippen molar-refractivity contribution in [3.05, 3.63) is 60.2 Å². The quantitative estimate of drug-likeness (QED) is 0.703. The van der Waals surface area contributed by atoms with Gasteiger partial charge in [-0.15, -0.1) is 0 Å². The highest BCUT2D eigenvalue weighted by Crippen LogP contribution is 2.44. The predicted octanol–water partition coefficient (Wildman–Crippen LogP) is 5.24. The fourth-order valence-electron chi connectivity index (χ4n) is 1.85. The van der Waals surface area contributed by atoms with E-state index in [-0.39, 0.29) is 5.41 Å². The summed E-state index contributed by atoms with van der Waals surface area (Å²) in [6, 6.07) is 18.0. The predicted molar refractivity (Wildman–Crippen MR) is 84.6 cm³/mol. The smallest absolute Gasteiger partial charge is 0.215 e. The van der Waals surface area contributed by atoms with Crippen molar-refractivity contribution in [3.8, 4) is 5.75 Å². The summed E-state index contributed by atoms with van der Waals surface area (Å²) in [7, 11) is -1.14. The number of rotatable bonds is 3. The maximum atomic E-state index is 6.41. The molecule has 1 nitrogen and oxygen atoms in total. The van der Waals surface area contributed by atoms with E-state index in [4.69, 9.17) is 15.8 Å². The second-order valence-corrected chi connectivity index (χ2v) is 7.53. The molecule has 0 heterocycles. The van der Waals surface area contributed by atoms with Gasteiger partial charge < -0.3 is 4.52 Å². The van der Waals surface area contributed by atoms with E-state index in [1.807, 2.05) is 48.5 Å². The number of benzene rings is 2. The van der Waals surface area contributed by atoms with Crippen LogP contribution >= 0.6 is 18.7 Å². The van der Waals surface area contributed by atoms with Crippen LogP contribution in [-0.2, 0) is 5.41 Å². The van der Waals surface area contributed by atoms with Gasteiger partial charge in [-0.05, 0) is 28.3 Å². The van der Waals surface area contributed by atoms with E-state index in [0.717, 1.165) is 11.1 Å². The van der Waals surface area contributed by atoms with Crippen molar-refractivity contribution in [2.24, 2.45) is 0 Å². The van der Waals surface area contributed by atoms with E-state index in [1.165, 1.54) is 5.56 Å². The van der Waals surface area contributed by atoms with E-state index < -0.39 is 7.50 Å². The molecule has 0 bridgehead atoms. The molecule has 0 N–H and O–H groups in total.